The number of rotatable bonds is 5. The zero-order chi connectivity index (χ0) is 14.6. The van der Waals surface area contributed by atoms with Crippen molar-refractivity contribution in [3.8, 4) is 5.88 Å². The second kappa shape index (κ2) is 6.84. The Labute approximate surface area is 126 Å². The van der Waals surface area contributed by atoms with Gasteiger partial charge in [0.25, 0.3) is 0 Å². The molecule has 0 aliphatic carbocycles. The molecule has 1 aliphatic heterocycles. The molecule has 1 aliphatic rings. The molecule has 0 unspecified atom stereocenters. The lowest BCUT2D eigenvalue weighted by molar-refractivity contribution is 0.0590. The first kappa shape index (κ1) is 15.7. The molecule has 0 bridgehead atoms. The second-order valence-corrected chi connectivity index (χ2v) is 7.14. The Morgan fingerprint density at radius 3 is 2.80 bits per heavy atom. The average Bonchev–Trinajstić information content (AvgIpc) is 2.40. The molecule has 0 aromatic carbocycles. The monoisotopic (exact) mass is 364 g/mol. The van der Waals surface area contributed by atoms with Crippen LogP contribution in [0.2, 0.25) is 0 Å². The van der Waals surface area contributed by atoms with E-state index in [9.17, 15) is 8.42 Å². The molecule has 1 aromatic rings. The van der Waals surface area contributed by atoms with Crippen LogP contribution in [0, 0.1) is 5.92 Å². The number of aromatic nitrogens is 1. The third-order valence-electron chi connectivity index (χ3n) is 3.20. The van der Waals surface area contributed by atoms with Crippen molar-refractivity contribution in [2.24, 2.45) is 11.1 Å². The first-order valence-corrected chi connectivity index (χ1v) is 8.69. The predicted octanol–water partition coefficient (Wildman–Crippen LogP) is 1.69. The van der Waals surface area contributed by atoms with E-state index < -0.39 is 10.0 Å². The highest BCUT2D eigenvalue weighted by molar-refractivity contribution is 9.10. The van der Waals surface area contributed by atoms with Crippen LogP contribution < -0.4 is 9.88 Å². The standard InChI is InChI=1S/C12H17BrN2O4S/c13-10-7-11(20(14,16)17)12(15-8-10)19-6-3-9-1-4-18-5-2-9/h7-9H,1-6H2,(H2,14,16,17). The van der Waals surface area contributed by atoms with E-state index >= 15 is 0 Å². The molecule has 1 aromatic heterocycles. The molecule has 2 rings (SSSR count). The van der Waals surface area contributed by atoms with Crippen molar-refractivity contribution < 1.29 is 17.9 Å². The van der Waals surface area contributed by atoms with Gasteiger partial charge in [-0.25, -0.2) is 18.5 Å². The summed E-state index contributed by atoms with van der Waals surface area (Å²) in [6.45, 7) is 1.98. The summed E-state index contributed by atoms with van der Waals surface area (Å²) < 4.78 is 34.3. The molecule has 6 nitrogen and oxygen atoms in total. The van der Waals surface area contributed by atoms with Gasteiger partial charge < -0.3 is 9.47 Å². The van der Waals surface area contributed by atoms with Gasteiger partial charge >= 0.3 is 0 Å². The number of primary sulfonamides is 1. The van der Waals surface area contributed by atoms with Gasteiger partial charge in [0.1, 0.15) is 4.90 Å². The van der Waals surface area contributed by atoms with Crippen LogP contribution in [0.3, 0.4) is 0 Å². The summed E-state index contributed by atoms with van der Waals surface area (Å²) in [5, 5.41) is 5.16. The van der Waals surface area contributed by atoms with E-state index in [1.54, 1.807) is 0 Å². The first-order valence-electron chi connectivity index (χ1n) is 6.35. The van der Waals surface area contributed by atoms with E-state index in [0.29, 0.717) is 17.0 Å². The van der Waals surface area contributed by atoms with Crippen LogP contribution in [0.15, 0.2) is 21.6 Å². The van der Waals surface area contributed by atoms with Crippen LogP contribution >= 0.6 is 15.9 Å². The van der Waals surface area contributed by atoms with Crippen LogP contribution in [0.5, 0.6) is 5.88 Å². The molecule has 0 amide bonds. The lowest BCUT2D eigenvalue weighted by Crippen LogP contribution is -2.19. The third-order valence-corrected chi connectivity index (χ3v) is 4.54. The van der Waals surface area contributed by atoms with Gasteiger partial charge in [0.15, 0.2) is 0 Å². The summed E-state index contributed by atoms with van der Waals surface area (Å²) >= 11 is 3.17. The smallest absolute Gasteiger partial charge is 0.243 e. The van der Waals surface area contributed by atoms with E-state index in [1.807, 2.05) is 0 Å². The molecule has 0 radical (unpaired) electrons. The van der Waals surface area contributed by atoms with Gasteiger partial charge in [-0.1, -0.05) is 0 Å². The van der Waals surface area contributed by atoms with Crippen LogP contribution in [0.1, 0.15) is 19.3 Å². The molecular weight excluding hydrogens is 348 g/mol. The number of hydrogen-bond acceptors (Lipinski definition) is 5. The lowest BCUT2D eigenvalue weighted by atomic mass is 9.97. The van der Waals surface area contributed by atoms with Gasteiger partial charge in [0.2, 0.25) is 15.9 Å². The van der Waals surface area contributed by atoms with Gasteiger partial charge in [-0.15, -0.1) is 0 Å². The molecule has 0 saturated carbocycles. The zero-order valence-electron chi connectivity index (χ0n) is 10.9. The molecule has 0 atom stereocenters. The molecule has 0 spiro atoms. The summed E-state index contributed by atoms with van der Waals surface area (Å²) in [4.78, 5) is 3.88. The van der Waals surface area contributed by atoms with Crippen LogP contribution in [-0.2, 0) is 14.8 Å². The molecule has 112 valence electrons. The Morgan fingerprint density at radius 1 is 1.45 bits per heavy atom. The van der Waals surface area contributed by atoms with Crippen molar-refractivity contribution in [2.75, 3.05) is 19.8 Å². The summed E-state index contributed by atoms with van der Waals surface area (Å²) in [6, 6.07) is 1.39. The zero-order valence-corrected chi connectivity index (χ0v) is 13.3. The molecule has 8 heteroatoms. The number of sulfonamides is 1. The Kier molecular flexibility index (Phi) is 5.36. The molecule has 1 saturated heterocycles. The summed E-state index contributed by atoms with van der Waals surface area (Å²) in [5.41, 5.74) is 0. The Hall–Kier alpha value is -0.700. The highest BCUT2D eigenvalue weighted by Gasteiger charge is 2.18. The SMILES string of the molecule is NS(=O)(=O)c1cc(Br)cnc1OCCC1CCOCC1. The quantitative estimate of drug-likeness (QED) is 0.857. The van der Waals surface area contributed by atoms with E-state index in [2.05, 4.69) is 20.9 Å². The largest absolute Gasteiger partial charge is 0.477 e. The minimum atomic E-state index is -3.85. The Bertz CT molecular complexity index is 559. The van der Waals surface area contributed by atoms with Crippen molar-refractivity contribution in [3.05, 3.63) is 16.7 Å². The molecule has 1 fully saturated rings. The van der Waals surface area contributed by atoms with E-state index in [1.165, 1.54) is 12.3 Å². The van der Waals surface area contributed by atoms with Gasteiger partial charge in [-0.05, 0) is 47.2 Å². The number of halogens is 1. The topological polar surface area (TPSA) is 91.5 Å². The van der Waals surface area contributed by atoms with Crippen molar-refractivity contribution >= 4 is 26.0 Å². The minimum absolute atomic E-state index is 0.0581. The maximum atomic E-state index is 11.5. The lowest BCUT2D eigenvalue weighted by Gasteiger charge is -2.21. The fourth-order valence-corrected chi connectivity index (χ4v) is 3.21. The second-order valence-electron chi connectivity index (χ2n) is 4.69. The molecule has 2 heterocycles. The maximum Gasteiger partial charge on any atom is 0.243 e. The third kappa shape index (κ3) is 4.41. The van der Waals surface area contributed by atoms with Crippen molar-refractivity contribution in [1.82, 2.24) is 4.98 Å². The van der Waals surface area contributed by atoms with Crippen molar-refractivity contribution in [2.45, 2.75) is 24.2 Å². The summed E-state index contributed by atoms with van der Waals surface area (Å²) in [7, 11) is -3.85. The first-order chi connectivity index (χ1) is 9.47. The Balaban J connectivity index is 1.98. The number of ether oxygens (including phenoxy) is 2. The maximum absolute atomic E-state index is 11.5. The predicted molar refractivity (Wildman–Crippen MR) is 77.0 cm³/mol. The highest BCUT2D eigenvalue weighted by atomic mass is 79.9. The summed E-state index contributed by atoms with van der Waals surface area (Å²) in [5.74, 6) is 0.611. The fourth-order valence-electron chi connectivity index (χ4n) is 2.08. The fraction of sp³-hybridized carbons (Fsp3) is 0.583. The number of pyridine rings is 1. The van der Waals surface area contributed by atoms with Crippen molar-refractivity contribution in [1.29, 1.82) is 0 Å². The number of hydrogen-bond donors (Lipinski definition) is 1. The van der Waals surface area contributed by atoms with Crippen LogP contribution in [-0.4, -0.2) is 33.2 Å². The van der Waals surface area contributed by atoms with Crippen molar-refractivity contribution in [3.63, 3.8) is 0 Å². The molecule has 20 heavy (non-hydrogen) atoms. The van der Waals surface area contributed by atoms with Crippen LogP contribution in [0.25, 0.3) is 0 Å². The van der Waals surface area contributed by atoms with Gasteiger partial charge in [-0.3, -0.25) is 0 Å². The molecule has 2 N–H and O–H groups in total. The van der Waals surface area contributed by atoms with Crippen LogP contribution in [0.4, 0.5) is 0 Å². The highest BCUT2D eigenvalue weighted by Crippen LogP contribution is 2.25. The number of nitrogens with two attached hydrogens (primary N) is 1. The minimum Gasteiger partial charge on any atom is -0.477 e. The van der Waals surface area contributed by atoms with Gasteiger partial charge in [0.05, 0.1) is 6.61 Å². The Morgan fingerprint density at radius 2 is 2.15 bits per heavy atom. The van der Waals surface area contributed by atoms with E-state index in [0.717, 1.165) is 32.5 Å². The van der Waals surface area contributed by atoms with E-state index in [-0.39, 0.29) is 10.8 Å². The summed E-state index contributed by atoms with van der Waals surface area (Å²) in [6.07, 6.45) is 4.36. The van der Waals surface area contributed by atoms with E-state index in [4.69, 9.17) is 14.6 Å². The normalized spacial score (nSPS) is 17.1. The van der Waals surface area contributed by atoms with Gasteiger partial charge in [0, 0.05) is 23.9 Å². The van der Waals surface area contributed by atoms with Gasteiger partial charge in [-0.2, -0.15) is 0 Å². The number of nitrogens with zero attached hydrogens (tertiary/aromatic N) is 1. The molecular formula is C12H17BrN2O4S. The average molecular weight is 365 g/mol.